The van der Waals surface area contributed by atoms with Gasteiger partial charge in [0.05, 0.1) is 17.4 Å². The normalized spacial score (nSPS) is 20.4. The van der Waals surface area contributed by atoms with Gasteiger partial charge in [-0.2, -0.15) is 0 Å². The maximum atomic E-state index is 15.3. The summed E-state index contributed by atoms with van der Waals surface area (Å²) in [5.41, 5.74) is 2.90. The summed E-state index contributed by atoms with van der Waals surface area (Å²) < 4.78 is 15.3. The number of hydrogen-bond donors (Lipinski definition) is 2. The van der Waals surface area contributed by atoms with Crippen LogP contribution in [0.4, 0.5) is 10.1 Å². The second kappa shape index (κ2) is 8.55. The molecule has 0 radical (unpaired) electrons. The van der Waals surface area contributed by atoms with E-state index in [1.165, 1.54) is 0 Å². The van der Waals surface area contributed by atoms with E-state index in [0.29, 0.717) is 47.4 Å². The van der Waals surface area contributed by atoms with Crippen molar-refractivity contribution >= 4 is 22.6 Å². The molecule has 1 saturated carbocycles. The highest BCUT2D eigenvalue weighted by Crippen LogP contribution is 2.37. The summed E-state index contributed by atoms with van der Waals surface area (Å²) in [6, 6.07) is 6.00. The molecule has 172 valence electrons. The number of nitrogens with one attached hydrogen (secondary N) is 2. The fraction of sp³-hybridized carbons (Fsp3) is 0.417. The Morgan fingerprint density at radius 3 is 2.67 bits per heavy atom. The van der Waals surface area contributed by atoms with E-state index in [1.54, 1.807) is 31.6 Å². The number of carbonyl (C=O) groups excluding carboxylic acids is 1. The first kappa shape index (κ1) is 21.5. The van der Waals surface area contributed by atoms with E-state index in [2.05, 4.69) is 30.1 Å². The summed E-state index contributed by atoms with van der Waals surface area (Å²) in [6.07, 6.45) is 6.03. The van der Waals surface area contributed by atoms with Crippen molar-refractivity contribution < 1.29 is 9.18 Å². The van der Waals surface area contributed by atoms with Crippen LogP contribution >= 0.6 is 0 Å². The van der Waals surface area contributed by atoms with Gasteiger partial charge in [-0.1, -0.05) is 6.92 Å². The van der Waals surface area contributed by atoms with E-state index in [-0.39, 0.29) is 17.0 Å². The van der Waals surface area contributed by atoms with Crippen molar-refractivity contribution in [2.45, 2.75) is 44.8 Å². The molecular weight excluding hydrogens is 423 g/mol. The lowest BCUT2D eigenvalue weighted by Crippen LogP contribution is -2.64. The number of nitrogens with zero attached hydrogens (tertiary/aromatic N) is 4. The first-order valence-electron chi connectivity index (χ1n) is 11.4. The van der Waals surface area contributed by atoms with E-state index in [0.717, 1.165) is 31.6 Å². The maximum Gasteiger partial charge on any atom is 0.269 e. The summed E-state index contributed by atoms with van der Waals surface area (Å²) >= 11 is 0. The number of anilines is 1. The van der Waals surface area contributed by atoms with Crippen molar-refractivity contribution in [2.24, 2.45) is 0 Å². The van der Waals surface area contributed by atoms with Crippen LogP contribution in [0.5, 0.6) is 0 Å². The number of carbonyl (C=O) groups is 1. The van der Waals surface area contributed by atoms with Gasteiger partial charge >= 0.3 is 0 Å². The van der Waals surface area contributed by atoms with Crippen molar-refractivity contribution in [3.63, 3.8) is 0 Å². The molecule has 0 spiro atoms. The number of piperazine rings is 1. The van der Waals surface area contributed by atoms with Gasteiger partial charge < -0.3 is 15.2 Å². The summed E-state index contributed by atoms with van der Waals surface area (Å²) in [5.74, 6) is -0.599. The number of aromatic amines is 1. The van der Waals surface area contributed by atoms with Gasteiger partial charge in [0, 0.05) is 56.1 Å². The molecule has 2 N–H and O–H groups in total. The second-order valence-corrected chi connectivity index (χ2v) is 8.69. The standard InChI is InChI=1S/C24H27FN6O2/c1-3-14-10-18-22(29-23(14)32)21(25)15(11-27-18)13-30-8-9-31(20-7-6-19(20)30)16-4-5-17(28-12-16)24(33)26-2/h4-5,10-12,19-20H,3,6-9,13H2,1-2H3,(H,26,33)(H,29,32). The zero-order valence-electron chi connectivity index (χ0n) is 18.8. The number of pyridine rings is 3. The summed E-state index contributed by atoms with van der Waals surface area (Å²) in [6.45, 7) is 3.92. The molecular formula is C24H27FN6O2. The molecule has 33 heavy (non-hydrogen) atoms. The molecule has 1 aliphatic heterocycles. The first-order valence-corrected chi connectivity index (χ1v) is 11.4. The molecule has 1 saturated heterocycles. The van der Waals surface area contributed by atoms with Crippen molar-refractivity contribution in [1.29, 1.82) is 0 Å². The lowest BCUT2D eigenvalue weighted by atomic mass is 9.81. The molecule has 5 rings (SSSR count). The Bertz CT molecular complexity index is 1260. The zero-order chi connectivity index (χ0) is 23.1. The van der Waals surface area contributed by atoms with Crippen LogP contribution in [-0.2, 0) is 13.0 Å². The van der Waals surface area contributed by atoms with Crippen LogP contribution < -0.4 is 15.8 Å². The molecule has 3 aromatic rings. The van der Waals surface area contributed by atoms with Gasteiger partial charge in [0.15, 0.2) is 5.82 Å². The lowest BCUT2D eigenvalue weighted by Gasteiger charge is -2.54. The number of halogens is 1. The van der Waals surface area contributed by atoms with Crippen molar-refractivity contribution in [2.75, 3.05) is 25.0 Å². The van der Waals surface area contributed by atoms with Gasteiger partial charge in [0.25, 0.3) is 11.5 Å². The molecule has 0 bridgehead atoms. The summed E-state index contributed by atoms with van der Waals surface area (Å²) in [7, 11) is 1.59. The van der Waals surface area contributed by atoms with Crippen molar-refractivity contribution in [1.82, 2.24) is 25.2 Å². The molecule has 8 nitrogen and oxygen atoms in total. The van der Waals surface area contributed by atoms with E-state index in [1.807, 2.05) is 13.0 Å². The molecule has 9 heteroatoms. The summed E-state index contributed by atoms with van der Waals surface area (Å²) in [5, 5.41) is 2.58. The minimum atomic E-state index is -0.396. The van der Waals surface area contributed by atoms with Crippen molar-refractivity contribution in [3.05, 3.63) is 63.6 Å². The number of H-pyrrole nitrogens is 1. The van der Waals surface area contributed by atoms with Crippen LogP contribution in [-0.4, -0.2) is 58.0 Å². The van der Waals surface area contributed by atoms with Crippen LogP contribution in [0.3, 0.4) is 0 Å². The molecule has 0 aromatic carbocycles. The van der Waals surface area contributed by atoms with Crippen molar-refractivity contribution in [3.8, 4) is 0 Å². The average molecular weight is 451 g/mol. The van der Waals surface area contributed by atoms with Crippen LogP contribution in [0.15, 0.2) is 35.4 Å². The van der Waals surface area contributed by atoms with Gasteiger partial charge in [-0.25, -0.2) is 9.37 Å². The molecule has 1 amide bonds. The molecule has 1 aliphatic carbocycles. The van der Waals surface area contributed by atoms with Crippen LogP contribution in [0.1, 0.15) is 41.4 Å². The zero-order valence-corrected chi connectivity index (χ0v) is 18.8. The SMILES string of the molecule is CCc1cc2ncc(CN3CCN(c4ccc(C(=O)NC)nc4)C4CCC43)c(F)c2[nH]c1=O. The van der Waals surface area contributed by atoms with Crippen LogP contribution in [0, 0.1) is 5.82 Å². The third-order valence-corrected chi connectivity index (χ3v) is 6.95. The predicted octanol–water partition coefficient (Wildman–Crippen LogP) is 2.23. The van der Waals surface area contributed by atoms with Gasteiger partial charge in [-0.05, 0) is 37.5 Å². The highest BCUT2D eigenvalue weighted by molar-refractivity contribution is 5.92. The van der Waals surface area contributed by atoms with E-state index >= 15 is 4.39 Å². The van der Waals surface area contributed by atoms with Gasteiger partial charge in [-0.15, -0.1) is 0 Å². The number of aryl methyl sites for hydroxylation is 1. The van der Waals surface area contributed by atoms with Gasteiger partial charge in [0.2, 0.25) is 0 Å². The molecule has 4 heterocycles. The Morgan fingerprint density at radius 2 is 2.00 bits per heavy atom. The Balaban J connectivity index is 1.34. The molecule has 2 unspecified atom stereocenters. The molecule has 2 fully saturated rings. The Hall–Kier alpha value is -3.33. The topological polar surface area (TPSA) is 94.2 Å². The lowest BCUT2D eigenvalue weighted by molar-refractivity contribution is 0.0649. The van der Waals surface area contributed by atoms with E-state index < -0.39 is 5.82 Å². The number of aromatic nitrogens is 3. The third-order valence-electron chi connectivity index (χ3n) is 6.95. The Morgan fingerprint density at radius 1 is 1.18 bits per heavy atom. The summed E-state index contributed by atoms with van der Waals surface area (Å²) in [4.78, 5) is 40.0. The monoisotopic (exact) mass is 450 g/mol. The average Bonchev–Trinajstić information content (AvgIpc) is 2.81. The highest BCUT2D eigenvalue weighted by Gasteiger charge is 2.43. The fourth-order valence-corrected chi connectivity index (χ4v) is 4.94. The number of rotatable bonds is 5. The second-order valence-electron chi connectivity index (χ2n) is 8.69. The molecule has 2 aliphatic rings. The predicted molar refractivity (Wildman–Crippen MR) is 124 cm³/mol. The number of hydrogen-bond acceptors (Lipinski definition) is 6. The van der Waals surface area contributed by atoms with E-state index in [9.17, 15) is 9.59 Å². The van der Waals surface area contributed by atoms with Crippen LogP contribution in [0.2, 0.25) is 0 Å². The number of fused-ring (bicyclic) bond motifs is 2. The third kappa shape index (κ3) is 3.76. The molecule has 2 atom stereocenters. The van der Waals surface area contributed by atoms with E-state index in [4.69, 9.17) is 0 Å². The largest absolute Gasteiger partial charge is 0.364 e. The van der Waals surface area contributed by atoms with Gasteiger partial charge in [-0.3, -0.25) is 19.5 Å². The highest BCUT2D eigenvalue weighted by atomic mass is 19.1. The molecule has 3 aromatic heterocycles. The quantitative estimate of drug-likeness (QED) is 0.619. The first-order chi connectivity index (χ1) is 16.0. The van der Waals surface area contributed by atoms with Gasteiger partial charge in [0.1, 0.15) is 11.2 Å². The number of amides is 1. The fourth-order valence-electron chi connectivity index (χ4n) is 4.94. The smallest absolute Gasteiger partial charge is 0.269 e. The maximum absolute atomic E-state index is 15.3. The minimum Gasteiger partial charge on any atom is -0.364 e. The minimum absolute atomic E-state index is 0.181. The Kier molecular flexibility index (Phi) is 5.57. The van der Waals surface area contributed by atoms with Crippen LogP contribution in [0.25, 0.3) is 11.0 Å². The Labute approximate surface area is 190 Å².